The van der Waals surface area contributed by atoms with Gasteiger partial charge in [-0.1, -0.05) is 12.1 Å². The molecule has 0 heterocycles. The van der Waals surface area contributed by atoms with Crippen molar-refractivity contribution in [3.63, 3.8) is 0 Å². The van der Waals surface area contributed by atoms with Crippen molar-refractivity contribution in [1.82, 2.24) is 16.0 Å². The minimum atomic E-state index is -0.190. The fourth-order valence-corrected chi connectivity index (χ4v) is 2.12. The van der Waals surface area contributed by atoms with Crippen LogP contribution >= 0.6 is 11.8 Å². The summed E-state index contributed by atoms with van der Waals surface area (Å²) in [6, 6.07) is 7.66. The second kappa shape index (κ2) is 10.8. The number of urea groups is 1. The van der Waals surface area contributed by atoms with Crippen molar-refractivity contribution < 1.29 is 4.79 Å². The lowest BCUT2D eigenvalue weighted by molar-refractivity contribution is 0.250. The van der Waals surface area contributed by atoms with Crippen LogP contribution in [0.1, 0.15) is 19.4 Å². The molecule has 7 heteroatoms. The van der Waals surface area contributed by atoms with Gasteiger partial charge in [0.25, 0.3) is 0 Å². The lowest BCUT2D eigenvalue weighted by atomic mass is 10.2. The van der Waals surface area contributed by atoms with Gasteiger partial charge in [-0.3, -0.25) is 4.99 Å². The van der Waals surface area contributed by atoms with E-state index in [-0.39, 0.29) is 12.1 Å². The number of carbonyl (C=O) groups excluding carboxylic acids is 1. The minimum Gasteiger partial charge on any atom is -0.356 e. The number of benzene rings is 1. The molecule has 0 unspecified atom stereocenters. The summed E-state index contributed by atoms with van der Waals surface area (Å²) in [5.41, 5.74) is 1.89. The van der Waals surface area contributed by atoms with E-state index in [4.69, 9.17) is 0 Å². The first-order valence-electron chi connectivity index (χ1n) is 7.65. The summed E-state index contributed by atoms with van der Waals surface area (Å²) in [6.07, 6.45) is 2.08. The van der Waals surface area contributed by atoms with E-state index in [1.54, 1.807) is 18.8 Å². The molecule has 0 aromatic heterocycles. The molecule has 0 spiro atoms. The maximum atomic E-state index is 11.6. The standard InChI is InChI=1S/C16H27N5OS/c1-12(2)20-16(22)21-14-7-5-13(6-8-14)11-19-15(17-3)18-9-10-23-4/h5-8,12H,9-11H2,1-4H3,(H2,17,18,19)(H2,20,21,22). The molecule has 0 fully saturated rings. The number of nitrogens with one attached hydrogen (secondary N) is 4. The number of thioether (sulfide) groups is 1. The highest BCUT2D eigenvalue weighted by atomic mass is 32.2. The second-order valence-electron chi connectivity index (χ2n) is 5.30. The van der Waals surface area contributed by atoms with E-state index in [2.05, 4.69) is 32.5 Å². The van der Waals surface area contributed by atoms with Gasteiger partial charge in [0, 0.05) is 37.6 Å². The summed E-state index contributed by atoms with van der Waals surface area (Å²) in [5, 5.41) is 12.1. The highest BCUT2D eigenvalue weighted by Crippen LogP contribution is 2.09. The van der Waals surface area contributed by atoms with Crippen molar-refractivity contribution in [2.45, 2.75) is 26.4 Å². The Kier molecular flexibility index (Phi) is 8.97. The molecule has 23 heavy (non-hydrogen) atoms. The molecule has 0 saturated heterocycles. The molecule has 0 saturated carbocycles. The quantitative estimate of drug-likeness (QED) is 0.350. The predicted molar refractivity (Wildman–Crippen MR) is 100 cm³/mol. The molecule has 1 rings (SSSR count). The molecule has 128 valence electrons. The minimum absolute atomic E-state index is 0.115. The van der Waals surface area contributed by atoms with Gasteiger partial charge in [-0.2, -0.15) is 11.8 Å². The number of aliphatic imine (C=N–C) groups is 1. The highest BCUT2D eigenvalue weighted by molar-refractivity contribution is 7.98. The van der Waals surface area contributed by atoms with E-state index in [0.717, 1.165) is 29.5 Å². The van der Waals surface area contributed by atoms with E-state index >= 15 is 0 Å². The van der Waals surface area contributed by atoms with E-state index in [1.165, 1.54) is 0 Å². The van der Waals surface area contributed by atoms with Crippen LogP contribution in [0.25, 0.3) is 0 Å². The molecule has 0 bridgehead atoms. The van der Waals surface area contributed by atoms with Crippen LogP contribution in [0.5, 0.6) is 0 Å². The van der Waals surface area contributed by atoms with Crippen LogP contribution in [0.3, 0.4) is 0 Å². The summed E-state index contributed by atoms with van der Waals surface area (Å²) in [6.45, 7) is 5.41. The highest BCUT2D eigenvalue weighted by Gasteiger charge is 2.03. The topological polar surface area (TPSA) is 77.6 Å². The van der Waals surface area contributed by atoms with Crippen LogP contribution in [-0.4, -0.2) is 43.6 Å². The van der Waals surface area contributed by atoms with E-state index in [9.17, 15) is 4.79 Å². The van der Waals surface area contributed by atoms with Gasteiger partial charge >= 0.3 is 6.03 Å². The van der Waals surface area contributed by atoms with Gasteiger partial charge in [0.05, 0.1) is 0 Å². The van der Waals surface area contributed by atoms with Gasteiger partial charge in [0.2, 0.25) is 0 Å². The Morgan fingerprint density at radius 2 is 1.91 bits per heavy atom. The lowest BCUT2D eigenvalue weighted by Gasteiger charge is -2.12. The zero-order chi connectivity index (χ0) is 17.1. The molecule has 4 N–H and O–H groups in total. The number of rotatable bonds is 7. The largest absolute Gasteiger partial charge is 0.356 e. The van der Waals surface area contributed by atoms with Crippen molar-refractivity contribution in [2.24, 2.45) is 4.99 Å². The van der Waals surface area contributed by atoms with Crippen molar-refractivity contribution in [3.05, 3.63) is 29.8 Å². The zero-order valence-electron chi connectivity index (χ0n) is 14.3. The first-order chi connectivity index (χ1) is 11.0. The molecule has 0 atom stereocenters. The van der Waals surface area contributed by atoms with Gasteiger partial charge in [-0.25, -0.2) is 4.79 Å². The SMILES string of the molecule is CN=C(NCCSC)NCc1ccc(NC(=O)NC(C)C)cc1. The maximum absolute atomic E-state index is 11.6. The molecule has 0 aliphatic carbocycles. The molecular formula is C16H27N5OS. The van der Waals surface area contributed by atoms with Gasteiger partial charge < -0.3 is 21.3 Å². The smallest absolute Gasteiger partial charge is 0.319 e. The van der Waals surface area contributed by atoms with E-state index < -0.39 is 0 Å². The number of hydrogen-bond donors (Lipinski definition) is 4. The van der Waals surface area contributed by atoms with Crippen molar-refractivity contribution >= 4 is 29.4 Å². The third-order valence-corrected chi connectivity index (χ3v) is 3.53. The Morgan fingerprint density at radius 3 is 2.48 bits per heavy atom. The number of amides is 2. The van der Waals surface area contributed by atoms with Gasteiger partial charge in [-0.15, -0.1) is 0 Å². The molecular weight excluding hydrogens is 310 g/mol. The molecule has 1 aromatic rings. The normalized spacial score (nSPS) is 11.3. The van der Waals surface area contributed by atoms with Crippen LogP contribution in [0.2, 0.25) is 0 Å². The summed E-state index contributed by atoms with van der Waals surface area (Å²) in [7, 11) is 1.76. The Morgan fingerprint density at radius 1 is 1.22 bits per heavy atom. The molecule has 0 aliphatic rings. The average Bonchev–Trinajstić information content (AvgIpc) is 2.51. The molecule has 1 aromatic carbocycles. The predicted octanol–water partition coefficient (Wildman–Crippen LogP) is 2.24. The third-order valence-electron chi connectivity index (χ3n) is 2.91. The van der Waals surface area contributed by atoms with Crippen LogP contribution < -0.4 is 21.3 Å². The Bertz CT molecular complexity index is 502. The van der Waals surface area contributed by atoms with Crippen molar-refractivity contribution in [3.8, 4) is 0 Å². The van der Waals surface area contributed by atoms with Gasteiger partial charge in [0.1, 0.15) is 0 Å². The first-order valence-corrected chi connectivity index (χ1v) is 9.04. The Balaban J connectivity index is 2.43. The summed E-state index contributed by atoms with van der Waals surface area (Å²) in [5.74, 6) is 1.83. The number of nitrogens with zero attached hydrogens (tertiary/aromatic N) is 1. The van der Waals surface area contributed by atoms with E-state index in [1.807, 2.05) is 38.1 Å². The molecule has 2 amide bonds. The van der Waals surface area contributed by atoms with Crippen LogP contribution in [0.15, 0.2) is 29.3 Å². The average molecular weight is 337 g/mol. The monoisotopic (exact) mass is 337 g/mol. The fraction of sp³-hybridized carbons (Fsp3) is 0.500. The summed E-state index contributed by atoms with van der Waals surface area (Å²) in [4.78, 5) is 15.8. The summed E-state index contributed by atoms with van der Waals surface area (Å²) < 4.78 is 0. The van der Waals surface area contributed by atoms with Crippen LogP contribution in [-0.2, 0) is 6.54 Å². The first kappa shape index (κ1) is 19.2. The number of carbonyl (C=O) groups is 1. The number of guanidine groups is 1. The Hall–Kier alpha value is -1.89. The summed E-state index contributed by atoms with van der Waals surface area (Å²) >= 11 is 1.79. The third kappa shape index (κ3) is 8.35. The molecule has 0 aliphatic heterocycles. The van der Waals surface area contributed by atoms with E-state index in [0.29, 0.717) is 6.54 Å². The Labute approximate surface area is 142 Å². The fourth-order valence-electron chi connectivity index (χ4n) is 1.81. The molecule has 0 radical (unpaired) electrons. The van der Waals surface area contributed by atoms with Crippen molar-refractivity contribution in [2.75, 3.05) is 30.9 Å². The van der Waals surface area contributed by atoms with Gasteiger partial charge in [-0.05, 0) is 37.8 Å². The van der Waals surface area contributed by atoms with Gasteiger partial charge in [0.15, 0.2) is 5.96 Å². The number of anilines is 1. The zero-order valence-corrected chi connectivity index (χ0v) is 15.1. The lowest BCUT2D eigenvalue weighted by Crippen LogP contribution is -2.37. The van der Waals surface area contributed by atoms with Crippen LogP contribution in [0.4, 0.5) is 10.5 Å². The molecule has 6 nitrogen and oxygen atoms in total. The maximum Gasteiger partial charge on any atom is 0.319 e. The van der Waals surface area contributed by atoms with Crippen molar-refractivity contribution in [1.29, 1.82) is 0 Å². The van der Waals surface area contributed by atoms with Crippen LogP contribution in [0, 0.1) is 0 Å². The second-order valence-corrected chi connectivity index (χ2v) is 6.28. The number of hydrogen-bond acceptors (Lipinski definition) is 3.